The maximum absolute atomic E-state index is 2.76. The van der Waals surface area contributed by atoms with Crippen LogP contribution < -0.4 is 24.8 Å². The van der Waals surface area contributed by atoms with E-state index in [0.29, 0.717) is 0 Å². The summed E-state index contributed by atoms with van der Waals surface area (Å²) in [4.78, 5) is 5.51. The lowest BCUT2D eigenvalue weighted by molar-refractivity contribution is -0.00514. The number of thiophene rings is 2. The summed E-state index contributed by atoms with van der Waals surface area (Å²) in [5.74, 6) is 2.57. The van der Waals surface area contributed by atoms with Gasteiger partial charge in [-0.3, -0.25) is 0 Å². The average molecular weight is 891 g/mol. The van der Waals surface area contributed by atoms with Crippen LogP contribution in [0.1, 0.15) is 149 Å². The van der Waals surface area contributed by atoms with E-state index in [0.717, 1.165) is 17.8 Å². The standard InChI is InChI=1S/C60H67BN2S2/c1-56(2,3)38-13-19-43(20-14-38)62-47-30-42(60-32-35-25-36(33-60)27-37(26-35)34-60)31-48-51(47)61(54-52(62)45-28-40(58(7,8)9)17-23-49(45)64-54)55-53(46-29-41(59(10,11)12)18-24-50(46)65-55)63(48)44-21-15-39(16-22-44)57(4,5)6/h13-24,28-31,35-37H,25-27,32-34H2,1-12H3. The molecule has 0 N–H and O–H groups in total. The molecule has 4 heterocycles. The van der Waals surface area contributed by atoms with Gasteiger partial charge in [0.25, 0.3) is 6.71 Å². The van der Waals surface area contributed by atoms with Crippen molar-refractivity contribution < 1.29 is 0 Å². The highest BCUT2D eigenvalue weighted by Gasteiger charge is 2.54. The van der Waals surface area contributed by atoms with E-state index in [2.05, 4.69) is 190 Å². The van der Waals surface area contributed by atoms with Crippen molar-refractivity contribution in [1.82, 2.24) is 0 Å². The molecule has 2 aromatic heterocycles. The smallest absolute Gasteiger partial charge is 0.277 e. The van der Waals surface area contributed by atoms with Gasteiger partial charge >= 0.3 is 0 Å². The molecule has 2 aliphatic heterocycles. The fraction of sp³-hybridized carbons (Fsp3) is 0.433. The molecule has 6 aliphatic rings. The first-order valence-corrected chi connectivity index (χ1v) is 26.4. The molecule has 2 nitrogen and oxygen atoms in total. The van der Waals surface area contributed by atoms with Crippen LogP contribution in [-0.2, 0) is 27.1 Å². The molecule has 332 valence electrons. The number of benzene rings is 5. The first-order valence-electron chi connectivity index (χ1n) is 24.8. The monoisotopic (exact) mass is 890 g/mol. The third-order valence-corrected chi connectivity index (χ3v) is 19.1. The summed E-state index contributed by atoms with van der Waals surface area (Å²) >= 11 is 4.09. The zero-order valence-corrected chi connectivity index (χ0v) is 42.6. The molecule has 4 saturated carbocycles. The van der Waals surface area contributed by atoms with E-state index >= 15 is 0 Å². The molecule has 4 bridgehead atoms. The fourth-order valence-corrected chi connectivity index (χ4v) is 16.1. The Labute approximate surface area is 397 Å². The minimum absolute atomic E-state index is 0.0326. The highest BCUT2D eigenvalue weighted by molar-refractivity contribution is 7.40. The van der Waals surface area contributed by atoms with E-state index < -0.39 is 0 Å². The normalized spacial score (nSPS) is 22.5. The molecule has 0 saturated heterocycles. The number of rotatable bonds is 3. The zero-order valence-electron chi connectivity index (χ0n) is 41.0. The van der Waals surface area contributed by atoms with E-state index in [1.807, 2.05) is 22.7 Å². The van der Waals surface area contributed by atoms with Gasteiger partial charge in [-0.1, -0.05) is 119 Å². The van der Waals surface area contributed by atoms with E-state index in [9.17, 15) is 0 Å². The molecule has 7 aromatic rings. The van der Waals surface area contributed by atoms with Gasteiger partial charge in [0.2, 0.25) is 0 Å². The summed E-state index contributed by atoms with van der Waals surface area (Å²) in [5, 5.41) is 2.78. The van der Waals surface area contributed by atoms with Gasteiger partial charge in [0.05, 0.1) is 11.4 Å². The molecule has 0 atom stereocenters. The van der Waals surface area contributed by atoms with Gasteiger partial charge in [0.1, 0.15) is 0 Å². The van der Waals surface area contributed by atoms with Gasteiger partial charge in [0.15, 0.2) is 0 Å². The van der Waals surface area contributed by atoms with Crippen molar-refractivity contribution in [2.24, 2.45) is 17.8 Å². The molecular formula is C60H67BN2S2. The van der Waals surface area contributed by atoms with Crippen LogP contribution in [0.3, 0.4) is 0 Å². The van der Waals surface area contributed by atoms with Gasteiger partial charge < -0.3 is 9.80 Å². The Morgan fingerprint density at radius 2 is 0.815 bits per heavy atom. The maximum Gasteiger partial charge on any atom is 0.277 e. The van der Waals surface area contributed by atoms with Crippen LogP contribution in [-0.4, -0.2) is 6.71 Å². The van der Waals surface area contributed by atoms with Crippen LogP contribution >= 0.6 is 22.7 Å². The van der Waals surface area contributed by atoms with Crippen LogP contribution in [0.5, 0.6) is 0 Å². The number of hydrogen-bond acceptors (Lipinski definition) is 4. The van der Waals surface area contributed by atoms with Crippen LogP contribution in [0.15, 0.2) is 97.1 Å². The average Bonchev–Trinajstić information content (AvgIpc) is 3.80. The molecule has 0 amide bonds. The maximum atomic E-state index is 2.76. The second-order valence-corrected chi connectivity index (χ2v) is 27.5. The Morgan fingerprint density at radius 3 is 1.17 bits per heavy atom. The van der Waals surface area contributed by atoms with Gasteiger partial charge in [-0.15, -0.1) is 22.7 Å². The van der Waals surface area contributed by atoms with E-state index in [1.165, 1.54) is 130 Å². The highest BCUT2D eigenvalue weighted by Crippen LogP contribution is 2.62. The van der Waals surface area contributed by atoms with Crippen molar-refractivity contribution in [1.29, 1.82) is 0 Å². The highest BCUT2D eigenvalue weighted by atomic mass is 32.1. The summed E-state index contributed by atoms with van der Waals surface area (Å²) in [6.45, 7) is 28.4. The predicted molar refractivity (Wildman–Crippen MR) is 286 cm³/mol. The lowest BCUT2D eigenvalue weighted by Gasteiger charge is -2.57. The first-order chi connectivity index (χ1) is 30.6. The number of nitrogens with zero attached hydrogens (tertiary/aromatic N) is 2. The van der Waals surface area contributed by atoms with Crippen LogP contribution in [0.25, 0.3) is 20.2 Å². The van der Waals surface area contributed by atoms with Crippen molar-refractivity contribution in [3.05, 3.63) is 125 Å². The molecule has 0 unspecified atom stereocenters. The van der Waals surface area contributed by atoms with Crippen LogP contribution in [0.4, 0.5) is 34.1 Å². The van der Waals surface area contributed by atoms with Gasteiger partial charge in [-0.05, 0) is 177 Å². The Bertz CT molecular complexity index is 2840. The van der Waals surface area contributed by atoms with E-state index in [1.54, 1.807) is 5.56 Å². The number of hydrogen-bond donors (Lipinski definition) is 0. The van der Waals surface area contributed by atoms with E-state index in [-0.39, 0.29) is 33.8 Å². The number of anilines is 6. The molecular weight excluding hydrogens is 824 g/mol. The SMILES string of the molecule is CC(C)(C)c1ccc(N2c3cc(C45CC6CC(CC(C6)C4)C5)cc4c3B(c3sc5ccc(C(C)(C)C)cc5c32)c2sc3ccc(C(C)(C)C)cc3c2N4c2ccc(C(C)(C)C)cc2)cc1. The number of fused-ring (bicyclic) bond motifs is 8. The van der Waals surface area contributed by atoms with Crippen molar-refractivity contribution in [2.75, 3.05) is 9.80 Å². The summed E-state index contributed by atoms with van der Waals surface area (Å²) in [7, 11) is 0. The molecule has 4 fully saturated rings. The predicted octanol–water partition coefficient (Wildman–Crippen LogP) is 15.9. The zero-order chi connectivity index (χ0) is 45.3. The third-order valence-electron chi connectivity index (χ3n) is 16.6. The Morgan fingerprint density at radius 1 is 0.462 bits per heavy atom. The largest absolute Gasteiger partial charge is 0.310 e. The molecule has 0 radical (unpaired) electrons. The van der Waals surface area contributed by atoms with Crippen molar-refractivity contribution in [3.8, 4) is 0 Å². The topological polar surface area (TPSA) is 6.48 Å². The van der Waals surface area contributed by atoms with Crippen LogP contribution in [0, 0.1) is 17.8 Å². The van der Waals surface area contributed by atoms with Crippen LogP contribution in [0.2, 0.25) is 0 Å². The molecule has 5 heteroatoms. The van der Waals surface area contributed by atoms with E-state index in [4.69, 9.17) is 0 Å². The fourth-order valence-electron chi connectivity index (χ4n) is 13.4. The van der Waals surface area contributed by atoms with Gasteiger partial charge in [-0.2, -0.15) is 0 Å². The van der Waals surface area contributed by atoms with Gasteiger partial charge in [-0.25, -0.2) is 0 Å². The Hall–Kier alpha value is -4.32. The molecule has 5 aromatic carbocycles. The van der Waals surface area contributed by atoms with Crippen molar-refractivity contribution in [3.63, 3.8) is 0 Å². The molecule has 0 spiro atoms. The minimum Gasteiger partial charge on any atom is -0.310 e. The van der Waals surface area contributed by atoms with Crippen molar-refractivity contribution in [2.45, 2.75) is 149 Å². The Balaban J connectivity index is 1.21. The summed E-state index contributed by atoms with van der Waals surface area (Å²) < 4.78 is 5.73. The van der Waals surface area contributed by atoms with Gasteiger partial charge in [0, 0.05) is 52.5 Å². The minimum atomic E-state index is 0.0326. The third kappa shape index (κ3) is 6.51. The molecule has 65 heavy (non-hydrogen) atoms. The Kier molecular flexibility index (Phi) is 8.98. The first kappa shape index (κ1) is 42.1. The molecule has 13 rings (SSSR count). The quantitative estimate of drug-likeness (QED) is 0.163. The summed E-state index contributed by atoms with van der Waals surface area (Å²) in [6.07, 6.45) is 8.34. The second kappa shape index (κ2) is 13.9. The van der Waals surface area contributed by atoms with Crippen molar-refractivity contribution >= 4 is 98.7 Å². The lowest BCUT2D eigenvalue weighted by atomic mass is 9.38. The summed E-state index contributed by atoms with van der Waals surface area (Å²) in [6, 6.07) is 39.7. The molecule has 4 aliphatic carbocycles. The second-order valence-electron chi connectivity index (χ2n) is 25.4. The summed E-state index contributed by atoms with van der Waals surface area (Å²) in [5.41, 5.74) is 17.1. The lowest BCUT2D eigenvalue weighted by Crippen LogP contribution is -2.59.